The molecule has 11 heteroatoms. The number of aliphatic hydroxyl groups is 2. The monoisotopic (exact) mass is 434 g/mol. The Hall–Kier alpha value is -1.99. The molecule has 2 aliphatic heterocycles. The maximum atomic E-state index is 10.1. The lowest BCUT2D eigenvalue weighted by Gasteiger charge is -2.32. The van der Waals surface area contributed by atoms with Crippen molar-refractivity contribution in [2.45, 2.75) is 45.1 Å². The first-order valence-electron chi connectivity index (χ1n) is 8.67. The van der Waals surface area contributed by atoms with Crippen molar-refractivity contribution < 1.29 is 39.0 Å². The van der Waals surface area contributed by atoms with Crippen molar-refractivity contribution in [1.29, 1.82) is 5.26 Å². The third-order valence-corrected chi connectivity index (χ3v) is 3.48. The number of rotatable bonds is 0. The first-order valence-corrected chi connectivity index (χ1v) is 10.2. The highest BCUT2D eigenvalue weighted by molar-refractivity contribution is 7.45. The molecule has 3 rings (SSSR count). The fourth-order valence-electron chi connectivity index (χ4n) is 2.29. The first kappa shape index (κ1) is 29.2. The minimum Gasteiger partial charge on any atom is -0.488 e. The van der Waals surface area contributed by atoms with Crippen LogP contribution in [0.25, 0.3) is 0 Å². The Kier molecular flexibility index (Phi) is 15.0. The molecule has 0 aliphatic carbocycles. The lowest BCUT2D eigenvalue weighted by Crippen LogP contribution is -2.32. The number of carbonyl (C=O) groups is 1. The zero-order chi connectivity index (χ0) is 23.1. The molecule has 0 saturated carbocycles. The van der Waals surface area contributed by atoms with Gasteiger partial charge in [-0.1, -0.05) is 0 Å². The van der Waals surface area contributed by atoms with Crippen LogP contribution in [0.15, 0.2) is 18.2 Å². The van der Waals surface area contributed by atoms with Crippen LogP contribution < -0.4 is 10.1 Å². The maximum Gasteiger partial charge on any atom is 0.466 e. The summed E-state index contributed by atoms with van der Waals surface area (Å²) in [4.78, 5) is 31.7. The van der Waals surface area contributed by atoms with Crippen molar-refractivity contribution >= 4 is 13.7 Å². The number of phosphoric acid groups is 1. The summed E-state index contributed by atoms with van der Waals surface area (Å²) in [6.07, 6.45) is 3.77. The van der Waals surface area contributed by atoms with Gasteiger partial charge in [0.2, 0.25) is 5.91 Å². The summed E-state index contributed by atoms with van der Waals surface area (Å²) in [6, 6.07) is 7.77. The molecule has 2 heterocycles. The molecule has 10 nitrogen and oxygen atoms in total. The largest absolute Gasteiger partial charge is 0.488 e. The predicted octanol–water partition coefficient (Wildman–Crippen LogP) is 0.847. The Morgan fingerprint density at radius 1 is 1.14 bits per heavy atom. The molecule has 2 aliphatic rings. The second kappa shape index (κ2) is 14.9. The predicted molar refractivity (Wildman–Crippen MR) is 107 cm³/mol. The van der Waals surface area contributed by atoms with E-state index in [0.29, 0.717) is 5.56 Å². The average molecular weight is 434 g/mol. The van der Waals surface area contributed by atoms with Crippen LogP contribution in [0.2, 0.25) is 0 Å². The van der Waals surface area contributed by atoms with Crippen LogP contribution in [0.3, 0.4) is 0 Å². The number of nitrogens with zero attached hydrogens (tertiary/aromatic N) is 1. The SMILES string of the molecule is CC1(C)CCc2cc(C#N)ccc2O1.CO.CO.O=C1CCCN1.O=P(O)(O)O. The van der Waals surface area contributed by atoms with Crippen LogP contribution in [0.5, 0.6) is 5.75 Å². The Bertz CT molecular complexity index is 681. The lowest BCUT2D eigenvalue weighted by molar-refractivity contribution is -0.119. The smallest absolute Gasteiger partial charge is 0.466 e. The van der Waals surface area contributed by atoms with Gasteiger partial charge in [0, 0.05) is 27.2 Å². The Labute approximate surface area is 171 Å². The van der Waals surface area contributed by atoms with Crippen molar-refractivity contribution in [2.75, 3.05) is 20.8 Å². The minimum absolute atomic E-state index is 0.0683. The van der Waals surface area contributed by atoms with Crippen LogP contribution in [-0.2, 0) is 15.8 Å². The van der Waals surface area contributed by atoms with Crippen molar-refractivity contribution in [3.8, 4) is 11.8 Å². The molecule has 0 unspecified atom stereocenters. The molecule has 0 atom stereocenters. The summed E-state index contributed by atoms with van der Waals surface area (Å²) >= 11 is 0. The molecule has 6 N–H and O–H groups in total. The molecule has 1 saturated heterocycles. The van der Waals surface area contributed by atoms with E-state index in [9.17, 15) is 4.79 Å². The summed E-state index contributed by atoms with van der Waals surface area (Å²) in [7, 11) is -2.64. The third-order valence-electron chi connectivity index (χ3n) is 3.48. The van der Waals surface area contributed by atoms with E-state index in [1.807, 2.05) is 12.1 Å². The molecular formula is C18H31N2O8P. The van der Waals surface area contributed by atoms with Crippen molar-refractivity contribution in [3.63, 3.8) is 0 Å². The van der Waals surface area contributed by atoms with Gasteiger partial charge in [-0.2, -0.15) is 5.26 Å². The summed E-state index contributed by atoms with van der Waals surface area (Å²) in [5, 5.41) is 25.4. The normalized spacial score (nSPS) is 15.4. The average Bonchev–Trinajstić information content (AvgIpc) is 3.14. The van der Waals surface area contributed by atoms with E-state index in [1.54, 1.807) is 6.07 Å². The van der Waals surface area contributed by atoms with Crippen molar-refractivity contribution in [3.05, 3.63) is 29.3 Å². The van der Waals surface area contributed by atoms with Gasteiger partial charge >= 0.3 is 7.82 Å². The van der Waals surface area contributed by atoms with E-state index in [0.717, 1.165) is 57.8 Å². The highest BCUT2D eigenvalue weighted by Crippen LogP contribution is 2.33. The van der Waals surface area contributed by atoms with Gasteiger partial charge in [0.25, 0.3) is 0 Å². The van der Waals surface area contributed by atoms with Gasteiger partial charge in [-0.15, -0.1) is 0 Å². The Morgan fingerprint density at radius 2 is 1.69 bits per heavy atom. The van der Waals surface area contributed by atoms with E-state index in [2.05, 4.69) is 25.2 Å². The number of ether oxygens (including phenoxy) is 1. The number of aliphatic hydroxyl groups excluding tert-OH is 2. The number of nitriles is 1. The van der Waals surface area contributed by atoms with Crippen LogP contribution in [-0.4, -0.2) is 57.2 Å². The molecule has 1 aromatic rings. The van der Waals surface area contributed by atoms with Crippen LogP contribution in [0.4, 0.5) is 0 Å². The van der Waals surface area contributed by atoms with Crippen LogP contribution in [0.1, 0.15) is 44.2 Å². The van der Waals surface area contributed by atoms with Crippen molar-refractivity contribution in [2.24, 2.45) is 0 Å². The number of fused-ring (bicyclic) bond motifs is 1. The fourth-order valence-corrected chi connectivity index (χ4v) is 2.29. The van der Waals surface area contributed by atoms with E-state index >= 15 is 0 Å². The van der Waals surface area contributed by atoms with Crippen LogP contribution in [0, 0.1) is 11.3 Å². The lowest BCUT2D eigenvalue weighted by atomic mass is 9.93. The van der Waals surface area contributed by atoms with Gasteiger partial charge in [-0.05, 0) is 56.9 Å². The summed E-state index contributed by atoms with van der Waals surface area (Å²) in [5.41, 5.74) is 1.80. The topological polar surface area (TPSA) is 180 Å². The number of amides is 1. The van der Waals surface area contributed by atoms with Gasteiger partial charge in [0.15, 0.2) is 0 Å². The van der Waals surface area contributed by atoms with Gasteiger partial charge in [-0.25, -0.2) is 4.57 Å². The highest BCUT2D eigenvalue weighted by Gasteiger charge is 2.26. The first-order chi connectivity index (χ1) is 13.5. The number of carbonyl (C=O) groups excluding carboxylic acids is 1. The second-order valence-electron chi connectivity index (χ2n) is 6.26. The number of hydrogen-bond acceptors (Lipinski definition) is 6. The zero-order valence-corrected chi connectivity index (χ0v) is 18.0. The third kappa shape index (κ3) is 15.6. The molecule has 0 radical (unpaired) electrons. The second-order valence-corrected chi connectivity index (χ2v) is 7.29. The van der Waals surface area contributed by atoms with Gasteiger partial charge in [0.05, 0.1) is 11.6 Å². The standard InChI is InChI=1S/C12H13NO.C4H7NO.2CH4O.H3O4P/c1-12(2)6-5-10-7-9(8-13)3-4-11(10)14-12;6-4-2-1-3-5-4;2*1-2;1-5(2,3)4/h3-4,7H,5-6H2,1-2H3;1-3H2,(H,5,6);2*2H,1H3;(H3,1,2,3,4). The summed E-state index contributed by atoms with van der Waals surface area (Å²) < 4.78 is 14.7. The molecule has 1 amide bonds. The summed E-state index contributed by atoms with van der Waals surface area (Å²) in [6.45, 7) is 5.07. The maximum absolute atomic E-state index is 10.1. The van der Waals surface area contributed by atoms with Crippen molar-refractivity contribution in [1.82, 2.24) is 5.32 Å². The van der Waals surface area contributed by atoms with E-state index in [1.165, 1.54) is 0 Å². The highest BCUT2D eigenvalue weighted by atomic mass is 31.2. The van der Waals surface area contributed by atoms with Crippen LogP contribution >= 0.6 is 7.82 Å². The van der Waals surface area contributed by atoms with E-state index < -0.39 is 7.82 Å². The zero-order valence-electron chi connectivity index (χ0n) is 17.1. The number of hydrogen-bond donors (Lipinski definition) is 6. The fraction of sp³-hybridized carbons (Fsp3) is 0.556. The number of nitrogens with one attached hydrogen (secondary N) is 1. The van der Waals surface area contributed by atoms with Gasteiger partial charge in [0.1, 0.15) is 11.4 Å². The minimum atomic E-state index is -4.64. The molecule has 1 aromatic carbocycles. The molecule has 0 spiro atoms. The molecule has 166 valence electrons. The summed E-state index contributed by atoms with van der Waals surface area (Å²) in [5.74, 6) is 1.13. The Balaban J connectivity index is 0. The quantitative estimate of drug-likeness (QED) is 0.323. The van der Waals surface area contributed by atoms with Gasteiger partial charge in [-0.3, -0.25) is 4.79 Å². The molecule has 0 aromatic heterocycles. The number of aryl methyl sites for hydroxylation is 1. The molecule has 1 fully saturated rings. The Morgan fingerprint density at radius 3 is 2.07 bits per heavy atom. The van der Waals surface area contributed by atoms with E-state index in [4.69, 9.17) is 39.5 Å². The van der Waals surface area contributed by atoms with E-state index in [-0.39, 0.29) is 11.5 Å². The number of benzene rings is 1. The van der Waals surface area contributed by atoms with Gasteiger partial charge < -0.3 is 34.9 Å². The molecule has 29 heavy (non-hydrogen) atoms. The molecular weight excluding hydrogens is 403 g/mol. The molecule has 0 bridgehead atoms.